The minimum atomic E-state index is -2.46. The lowest BCUT2D eigenvalue weighted by Gasteiger charge is -2.02. The van der Waals surface area contributed by atoms with E-state index in [1.54, 1.807) is 19.9 Å². The molecule has 0 saturated heterocycles. The van der Waals surface area contributed by atoms with Gasteiger partial charge in [0.15, 0.2) is 0 Å². The molecular weight excluding hydrogens is 136 g/mol. The number of halogens is 2. The summed E-state index contributed by atoms with van der Waals surface area (Å²) in [5, 5.41) is 0. The van der Waals surface area contributed by atoms with Crippen LogP contribution >= 0.6 is 0 Å². The summed E-state index contributed by atoms with van der Waals surface area (Å²) < 4.78 is 23.9. The summed E-state index contributed by atoms with van der Waals surface area (Å²) in [7, 11) is 1.37. The molecule has 0 aliphatic rings. The van der Waals surface area contributed by atoms with Crippen molar-refractivity contribution in [3.8, 4) is 0 Å². The van der Waals surface area contributed by atoms with Gasteiger partial charge in [-0.1, -0.05) is 6.08 Å². The van der Waals surface area contributed by atoms with Crippen LogP contribution in [0.3, 0.4) is 0 Å². The molecule has 0 spiro atoms. The van der Waals surface area contributed by atoms with Gasteiger partial charge in [-0.15, -0.1) is 0 Å². The summed E-state index contributed by atoms with van der Waals surface area (Å²) in [4.78, 5) is 3.46. The van der Waals surface area contributed by atoms with E-state index in [0.29, 0.717) is 5.57 Å². The van der Waals surface area contributed by atoms with Crippen LogP contribution in [0.15, 0.2) is 16.6 Å². The molecule has 10 heavy (non-hydrogen) atoms. The van der Waals surface area contributed by atoms with Gasteiger partial charge in [0.05, 0.1) is 0 Å². The third-order valence-electron chi connectivity index (χ3n) is 1.28. The number of nitrogens with zero attached hydrogens (tertiary/aromatic N) is 1. The Labute approximate surface area is 59.5 Å². The van der Waals surface area contributed by atoms with Crippen molar-refractivity contribution in [2.45, 2.75) is 20.3 Å². The van der Waals surface area contributed by atoms with Gasteiger partial charge in [-0.3, -0.25) is 4.99 Å². The van der Waals surface area contributed by atoms with Crippen LogP contribution in [0.25, 0.3) is 0 Å². The number of hydrogen-bond acceptors (Lipinski definition) is 1. The van der Waals surface area contributed by atoms with Crippen LogP contribution in [0.1, 0.15) is 13.8 Å². The lowest BCUT2D eigenvalue weighted by Crippen LogP contribution is -2.11. The second-order valence-electron chi connectivity index (χ2n) is 1.88. The highest BCUT2D eigenvalue weighted by molar-refractivity contribution is 6.01. The van der Waals surface area contributed by atoms with Gasteiger partial charge in [0.25, 0.3) is 6.43 Å². The molecule has 0 heterocycles. The molecule has 0 aromatic carbocycles. The average molecular weight is 147 g/mol. The van der Waals surface area contributed by atoms with Crippen molar-refractivity contribution < 1.29 is 8.78 Å². The minimum Gasteiger partial charge on any atom is -0.287 e. The maximum Gasteiger partial charge on any atom is 0.280 e. The fourth-order valence-electron chi connectivity index (χ4n) is 0.594. The minimum absolute atomic E-state index is 0.123. The molecule has 0 radical (unpaired) electrons. The van der Waals surface area contributed by atoms with Gasteiger partial charge >= 0.3 is 0 Å². The van der Waals surface area contributed by atoms with Crippen LogP contribution < -0.4 is 0 Å². The Bertz CT molecular complexity index is 159. The van der Waals surface area contributed by atoms with Gasteiger partial charge in [0, 0.05) is 7.05 Å². The molecule has 0 aliphatic heterocycles. The third kappa shape index (κ3) is 2.25. The van der Waals surface area contributed by atoms with Crippen molar-refractivity contribution in [3.05, 3.63) is 11.6 Å². The Morgan fingerprint density at radius 2 is 2.00 bits per heavy atom. The molecule has 0 rings (SSSR count). The van der Waals surface area contributed by atoms with E-state index in [2.05, 4.69) is 4.99 Å². The van der Waals surface area contributed by atoms with Crippen molar-refractivity contribution in [3.63, 3.8) is 0 Å². The average Bonchev–Trinajstić information content (AvgIpc) is 1.88. The van der Waals surface area contributed by atoms with Crippen molar-refractivity contribution in [1.82, 2.24) is 0 Å². The number of alkyl halides is 2. The first-order chi connectivity index (χ1) is 4.63. The van der Waals surface area contributed by atoms with Gasteiger partial charge in [0.2, 0.25) is 0 Å². The number of rotatable bonds is 2. The van der Waals surface area contributed by atoms with Gasteiger partial charge in [-0.2, -0.15) is 0 Å². The van der Waals surface area contributed by atoms with E-state index in [4.69, 9.17) is 0 Å². The zero-order valence-corrected chi connectivity index (χ0v) is 6.36. The normalized spacial score (nSPS) is 14.6. The molecule has 3 heteroatoms. The summed E-state index contributed by atoms with van der Waals surface area (Å²) in [6.45, 7) is 3.33. The topological polar surface area (TPSA) is 12.4 Å². The van der Waals surface area contributed by atoms with E-state index in [1.165, 1.54) is 7.05 Å². The predicted octanol–water partition coefficient (Wildman–Crippen LogP) is 2.29. The van der Waals surface area contributed by atoms with Gasteiger partial charge < -0.3 is 0 Å². The summed E-state index contributed by atoms with van der Waals surface area (Å²) in [6, 6.07) is 0. The van der Waals surface area contributed by atoms with Crippen molar-refractivity contribution in [2.75, 3.05) is 7.05 Å². The van der Waals surface area contributed by atoms with Crippen LogP contribution in [-0.4, -0.2) is 19.2 Å². The predicted molar refractivity (Wildman–Crippen MR) is 38.8 cm³/mol. The molecule has 58 valence electrons. The van der Waals surface area contributed by atoms with Crippen molar-refractivity contribution >= 4 is 5.71 Å². The summed E-state index contributed by atoms with van der Waals surface area (Å²) in [5.41, 5.74) is 0.417. The van der Waals surface area contributed by atoms with E-state index in [-0.39, 0.29) is 5.71 Å². The Kier molecular flexibility index (Phi) is 3.84. The molecule has 0 atom stereocenters. The van der Waals surface area contributed by atoms with Crippen LogP contribution in [0, 0.1) is 0 Å². The quantitative estimate of drug-likeness (QED) is 0.531. The largest absolute Gasteiger partial charge is 0.287 e. The molecule has 0 aliphatic carbocycles. The standard InChI is InChI=1S/C7H11F2N/c1-4-5(2)6(10-3)7(8)9/h4,7H,1-3H3/b5-4-,10-6?. The molecule has 1 nitrogen and oxygen atoms in total. The highest BCUT2D eigenvalue weighted by atomic mass is 19.3. The summed E-state index contributed by atoms with van der Waals surface area (Å²) >= 11 is 0. The van der Waals surface area contributed by atoms with Crippen LogP contribution in [0.4, 0.5) is 8.78 Å². The van der Waals surface area contributed by atoms with Crippen molar-refractivity contribution in [2.24, 2.45) is 4.99 Å². The summed E-state index contributed by atoms with van der Waals surface area (Å²) in [5.74, 6) is 0. The first kappa shape index (κ1) is 9.27. The van der Waals surface area contributed by atoms with Crippen molar-refractivity contribution in [1.29, 1.82) is 0 Å². The SMILES string of the molecule is C/C=C(/C)C(=NC)C(F)F. The lowest BCUT2D eigenvalue weighted by atomic mass is 10.2. The summed E-state index contributed by atoms with van der Waals surface area (Å²) in [6.07, 6.45) is -0.838. The molecule has 0 amide bonds. The van der Waals surface area contributed by atoms with E-state index >= 15 is 0 Å². The van der Waals surface area contributed by atoms with E-state index < -0.39 is 6.43 Å². The fraction of sp³-hybridized carbons (Fsp3) is 0.571. The molecule has 0 N–H and O–H groups in total. The third-order valence-corrected chi connectivity index (χ3v) is 1.28. The highest BCUT2D eigenvalue weighted by Gasteiger charge is 2.12. The number of hydrogen-bond donors (Lipinski definition) is 0. The highest BCUT2D eigenvalue weighted by Crippen LogP contribution is 2.05. The van der Waals surface area contributed by atoms with E-state index in [1.807, 2.05) is 0 Å². The number of aliphatic imine (C=N–C) groups is 1. The Balaban J connectivity index is 4.39. The van der Waals surface area contributed by atoms with E-state index in [0.717, 1.165) is 0 Å². The van der Waals surface area contributed by atoms with E-state index in [9.17, 15) is 8.78 Å². The Morgan fingerprint density at radius 3 is 2.10 bits per heavy atom. The number of allylic oxidation sites excluding steroid dienone is 2. The second kappa shape index (κ2) is 4.14. The fourth-order valence-corrected chi connectivity index (χ4v) is 0.594. The molecule has 0 aromatic heterocycles. The van der Waals surface area contributed by atoms with Crippen LogP contribution in [0.5, 0.6) is 0 Å². The molecular formula is C7H11F2N. The lowest BCUT2D eigenvalue weighted by molar-refractivity contribution is 0.226. The zero-order valence-electron chi connectivity index (χ0n) is 6.36. The Morgan fingerprint density at radius 1 is 1.50 bits per heavy atom. The van der Waals surface area contributed by atoms with Gasteiger partial charge in [-0.05, 0) is 19.4 Å². The Hall–Kier alpha value is -0.730. The maximum atomic E-state index is 12.0. The van der Waals surface area contributed by atoms with Gasteiger partial charge in [0.1, 0.15) is 5.71 Å². The van der Waals surface area contributed by atoms with Crippen LogP contribution in [-0.2, 0) is 0 Å². The monoisotopic (exact) mass is 147 g/mol. The molecule has 0 saturated carbocycles. The zero-order chi connectivity index (χ0) is 8.15. The molecule has 0 fully saturated rings. The molecule has 0 aromatic rings. The first-order valence-corrected chi connectivity index (χ1v) is 3.01. The molecule has 0 bridgehead atoms. The van der Waals surface area contributed by atoms with Crippen LogP contribution in [0.2, 0.25) is 0 Å². The maximum absolute atomic E-state index is 12.0. The first-order valence-electron chi connectivity index (χ1n) is 3.01. The molecule has 0 unspecified atom stereocenters. The smallest absolute Gasteiger partial charge is 0.280 e. The van der Waals surface area contributed by atoms with Gasteiger partial charge in [-0.25, -0.2) is 8.78 Å². The second-order valence-corrected chi connectivity index (χ2v) is 1.88.